The fourth-order valence-electron chi connectivity index (χ4n) is 3.72. The Morgan fingerprint density at radius 2 is 1.79 bits per heavy atom. The topological polar surface area (TPSA) is 66.8 Å². The Kier molecular flexibility index (Phi) is 6.32. The van der Waals surface area contributed by atoms with Crippen molar-refractivity contribution in [2.75, 3.05) is 16.8 Å². The second kappa shape index (κ2) is 8.93. The van der Waals surface area contributed by atoms with Gasteiger partial charge in [-0.1, -0.05) is 0 Å². The van der Waals surface area contributed by atoms with Crippen molar-refractivity contribution >= 4 is 30.0 Å². The van der Waals surface area contributed by atoms with Crippen LogP contribution in [0.4, 0.5) is 43.7 Å². The van der Waals surface area contributed by atoms with Crippen molar-refractivity contribution in [1.82, 2.24) is 19.9 Å². The van der Waals surface area contributed by atoms with Gasteiger partial charge in [0.15, 0.2) is 0 Å². The maximum atomic E-state index is 13.6. The lowest BCUT2D eigenvalue weighted by Gasteiger charge is -2.29. The van der Waals surface area contributed by atoms with Crippen molar-refractivity contribution in [3.8, 4) is 0 Å². The van der Waals surface area contributed by atoms with Crippen LogP contribution in [-0.4, -0.2) is 31.9 Å². The van der Waals surface area contributed by atoms with Gasteiger partial charge in [0.05, 0.1) is 28.5 Å². The number of alkyl halides is 6. The summed E-state index contributed by atoms with van der Waals surface area (Å²) in [6.45, 7) is 1.79. The number of hydrogen-bond acceptors (Lipinski definition) is 7. The van der Waals surface area contributed by atoms with Gasteiger partial charge >= 0.3 is 12.4 Å². The average Bonchev–Trinajstić information content (AvgIpc) is 2.91. The van der Waals surface area contributed by atoms with E-state index in [4.69, 9.17) is 0 Å². The first-order chi connectivity index (χ1) is 15.9. The molecule has 1 unspecified atom stereocenters. The van der Waals surface area contributed by atoms with Crippen molar-refractivity contribution in [3.63, 3.8) is 0 Å². The SMILES string of the molecule is Cc1nc2c(c(Nc3ccc(C(F)(F)F)nc3)n1)CCN(c1ncccc1C(F)(F)F)C(S)C2. The minimum Gasteiger partial charge on any atom is -0.344 e. The summed E-state index contributed by atoms with van der Waals surface area (Å²) >= 11 is 4.53. The molecule has 0 fully saturated rings. The normalized spacial score (nSPS) is 16.7. The summed E-state index contributed by atoms with van der Waals surface area (Å²) in [6.07, 6.45) is -6.35. The molecule has 180 valence electrons. The second-order valence-electron chi connectivity index (χ2n) is 7.60. The van der Waals surface area contributed by atoms with Crippen LogP contribution in [0, 0.1) is 6.92 Å². The summed E-state index contributed by atoms with van der Waals surface area (Å²) in [5.74, 6) is 0.515. The molecule has 0 radical (unpaired) electrons. The molecule has 13 heteroatoms. The highest BCUT2D eigenvalue weighted by Crippen LogP contribution is 2.38. The summed E-state index contributed by atoms with van der Waals surface area (Å²) in [7, 11) is 0. The molecule has 0 aliphatic carbocycles. The number of pyridine rings is 2. The van der Waals surface area contributed by atoms with Crippen LogP contribution in [-0.2, 0) is 25.2 Å². The molecule has 0 bridgehead atoms. The molecule has 1 aliphatic heterocycles. The Labute approximate surface area is 195 Å². The standard InChI is InChI=1S/C21H18F6N6S/c1-11-30-15-9-17(34)33(19-14(20(22,23)24)3-2-7-28-19)8-6-13(15)18(31-11)32-12-4-5-16(29-10-12)21(25,26)27/h2-5,7,10,17,34H,6,8-9H2,1H3,(H,30,31,32). The van der Waals surface area contributed by atoms with Crippen molar-refractivity contribution in [2.45, 2.75) is 37.5 Å². The molecule has 1 aliphatic rings. The number of aryl methyl sites for hydroxylation is 1. The van der Waals surface area contributed by atoms with Gasteiger partial charge < -0.3 is 10.2 Å². The van der Waals surface area contributed by atoms with Crippen LogP contribution in [0.1, 0.15) is 28.3 Å². The molecule has 1 N–H and O–H groups in total. The summed E-state index contributed by atoms with van der Waals surface area (Å²) in [5, 5.41) is 2.32. The van der Waals surface area contributed by atoms with Gasteiger partial charge in [0, 0.05) is 24.7 Å². The third-order valence-electron chi connectivity index (χ3n) is 5.22. The zero-order chi connectivity index (χ0) is 24.7. The van der Waals surface area contributed by atoms with Crippen LogP contribution in [0.25, 0.3) is 0 Å². The lowest BCUT2D eigenvalue weighted by atomic mass is 10.1. The molecule has 6 nitrogen and oxygen atoms in total. The van der Waals surface area contributed by atoms with Crippen LogP contribution in [0.5, 0.6) is 0 Å². The summed E-state index contributed by atoms with van der Waals surface area (Å²) in [5.41, 5.74) is -0.393. The molecular weight excluding hydrogens is 482 g/mol. The molecule has 0 saturated carbocycles. The van der Waals surface area contributed by atoms with Gasteiger partial charge in [-0.3, -0.25) is 0 Å². The molecule has 4 rings (SSSR count). The van der Waals surface area contributed by atoms with Gasteiger partial charge in [-0.2, -0.15) is 39.0 Å². The third kappa shape index (κ3) is 5.03. The highest BCUT2D eigenvalue weighted by Gasteiger charge is 2.37. The fourth-order valence-corrected chi connectivity index (χ4v) is 4.12. The molecule has 0 spiro atoms. The molecular formula is C21H18F6N6S. The smallest absolute Gasteiger partial charge is 0.344 e. The highest BCUT2D eigenvalue weighted by atomic mass is 32.1. The number of fused-ring (bicyclic) bond motifs is 1. The second-order valence-corrected chi connectivity index (χ2v) is 8.20. The van der Waals surface area contributed by atoms with Crippen molar-refractivity contribution in [1.29, 1.82) is 0 Å². The maximum Gasteiger partial charge on any atom is 0.433 e. The van der Waals surface area contributed by atoms with Crippen molar-refractivity contribution in [2.24, 2.45) is 0 Å². The molecule has 3 aromatic rings. The van der Waals surface area contributed by atoms with E-state index in [2.05, 4.69) is 37.9 Å². The van der Waals surface area contributed by atoms with Crippen LogP contribution >= 0.6 is 12.6 Å². The predicted molar refractivity (Wildman–Crippen MR) is 116 cm³/mol. The zero-order valence-electron chi connectivity index (χ0n) is 17.6. The maximum absolute atomic E-state index is 13.6. The number of nitrogens with zero attached hydrogens (tertiary/aromatic N) is 5. The fraction of sp³-hybridized carbons (Fsp3) is 0.333. The molecule has 1 atom stereocenters. The van der Waals surface area contributed by atoms with Crippen LogP contribution in [0.2, 0.25) is 0 Å². The third-order valence-corrected chi connectivity index (χ3v) is 5.69. The largest absolute Gasteiger partial charge is 0.433 e. The van der Waals surface area contributed by atoms with Gasteiger partial charge in [-0.25, -0.2) is 19.9 Å². The minimum atomic E-state index is -4.59. The van der Waals surface area contributed by atoms with E-state index in [0.29, 0.717) is 22.9 Å². The van der Waals surface area contributed by atoms with Crippen molar-refractivity contribution < 1.29 is 26.3 Å². The van der Waals surface area contributed by atoms with Gasteiger partial charge in [0.25, 0.3) is 0 Å². The molecule has 0 aromatic carbocycles. The van der Waals surface area contributed by atoms with E-state index in [-0.39, 0.29) is 30.9 Å². The van der Waals surface area contributed by atoms with E-state index in [9.17, 15) is 26.3 Å². The first-order valence-electron chi connectivity index (χ1n) is 10.1. The summed E-state index contributed by atoms with van der Waals surface area (Å²) < 4.78 is 79.1. The van der Waals surface area contributed by atoms with Crippen LogP contribution < -0.4 is 10.2 Å². The van der Waals surface area contributed by atoms with Gasteiger partial charge in [-0.15, -0.1) is 0 Å². The number of hydrogen-bond donors (Lipinski definition) is 2. The summed E-state index contributed by atoms with van der Waals surface area (Å²) in [4.78, 5) is 17.7. The van der Waals surface area contributed by atoms with E-state index < -0.39 is 29.0 Å². The number of rotatable bonds is 3. The lowest BCUT2D eigenvalue weighted by molar-refractivity contribution is -0.141. The van der Waals surface area contributed by atoms with E-state index >= 15 is 0 Å². The molecule has 3 aromatic heterocycles. The number of thiol groups is 1. The predicted octanol–water partition coefficient (Wildman–Crippen LogP) is 5.22. The molecule has 0 saturated heterocycles. The average molecular weight is 500 g/mol. The molecule has 4 heterocycles. The Balaban J connectivity index is 1.65. The monoisotopic (exact) mass is 500 g/mol. The van der Waals surface area contributed by atoms with E-state index in [1.807, 2.05) is 0 Å². The van der Waals surface area contributed by atoms with E-state index in [1.54, 1.807) is 6.92 Å². The Morgan fingerprint density at radius 1 is 1.03 bits per heavy atom. The Bertz CT molecular complexity index is 1180. The Morgan fingerprint density at radius 3 is 2.44 bits per heavy atom. The van der Waals surface area contributed by atoms with Crippen LogP contribution in [0.3, 0.4) is 0 Å². The first kappa shape index (κ1) is 24.0. The first-order valence-corrected chi connectivity index (χ1v) is 10.6. The Hall–Kier alpha value is -3.09. The van der Waals surface area contributed by atoms with Crippen LogP contribution in [0.15, 0.2) is 36.7 Å². The van der Waals surface area contributed by atoms with E-state index in [1.165, 1.54) is 23.2 Å². The van der Waals surface area contributed by atoms with Gasteiger partial charge in [0.1, 0.15) is 23.2 Å². The molecule has 0 amide bonds. The number of anilines is 3. The number of nitrogens with one attached hydrogen (secondary N) is 1. The summed E-state index contributed by atoms with van der Waals surface area (Å²) in [6, 6.07) is 4.27. The van der Waals surface area contributed by atoms with Gasteiger partial charge in [-0.05, 0) is 37.6 Å². The van der Waals surface area contributed by atoms with Gasteiger partial charge in [0.2, 0.25) is 0 Å². The molecule has 34 heavy (non-hydrogen) atoms. The highest BCUT2D eigenvalue weighted by molar-refractivity contribution is 7.81. The van der Waals surface area contributed by atoms with Crippen molar-refractivity contribution in [3.05, 3.63) is 65.0 Å². The quantitative estimate of drug-likeness (QED) is 0.380. The lowest BCUT2D eigenvalue weighted by Crippen LogP contribution is -2.35. The van der Waals surface area contributed by atoms with E-state index in [0.717, 1.165) is 18.3 Å². The number of aromatic nitrogens is 4. The zero-order valence-corrected chi connectivity index (χ0v) is 18.5. The minimum absolute atomic E-state index is 0.146. The number of halogens is 6.